The summed E-state index contributed by atoms with van der Waals surface area (Å²) in [5.74, 6) is 0.702. The van der Waals surface area contributed by atoms with Gasteiger partial charge >= 0.3 is 0 Å². The molecule has 0 saturated carbocycles. The molecule has 0 aliphatic carbocycles. The first-order chi connectivity index (χ1) is 13.3. The van der Waals surface area contributed by atoms with Crippen LogP contribution in [0, 0.1) is 0 Å². The Hall–Kier alpha value is -2.57. The van der Waals surface area contributed by atoms with Crippen molar-refractivity contribution in [3.63, 3.8) is 0 Å². The van der Waals surface area contributed by atoms with E-state index in [-0.39, 0.29) is 6.04 Å². The summed E-state index contributed by atoms with van der Waals surface area (Å²) in [5, 5.41) is 3.05. The van der Waals surface area contributed by atoms with Crippen LogP contribution in [0.2, 0.25) is 0 Å². The third-order valence-electron chi connectivity index (χ3n) is 4.76. The van der Waals surface area contributed by atoms with Crippen molar-refractivity contribution in [2.24, 2.45) is 0 Å². The molecule has 3 aromatic rings. The number of carbonyl (C=O) groups is 1. The van der Waals surface area contributed by atoms with E-state index in [1.165, 1.54) is 0 Å². The predicted molar refractivity (Wildman–Crippen MR) is 106 cm³/mol. The van der Waals surface area contributed by atoms with E-state index in [1.807, 2.05) is 48.7 Å². The maximum Gasteiger partial charge on any atom is 0.209 e. The highest BCUT2D eigenvalue weighted by Gasteiger charge is 2.32. The summed E-state index contributed by atoms with van der Waals surface area (Å²) < 4.78 is 5.97. The van der Waals surface area contributed by atoms with E-state index in [4.69, 9.17) is 9.72 Å². The zero-order valence-electron chi connectivity index (χ0n) is 14.9. The minimum atomic E-state index is -0.610. The summed E-state index contributed by atoms with van der Waals surface area (Å²) in [6.07, 6.45) is 7.01. The van der Waals surface area contributed by atoms with Gasteiger partial charge in [-0.1, -0.05) is 24.6 Å². The molecule has 6 heteroatoms. The van der Waals surface area contributed by atoms with Gasteiger partial charge in [0.1, 0.15) is 10.8 Å². The Balaban J connectivity index is 1.57. The Labute approximate surface area is 162 Å². The molecule has 5 nitrogen and oxygen atoms in total. The fraction of sp³-hybridized carbons (Fsp3) is 0.286. The standard InChI is InChI=1S/C21H21N3O2S/c25-14-20(26-17-8-2-1-3-9-17)24-12-5-4-10-19(24)18-15-27-21(23-18)16-7-6-11-22-13-16/h1-3,6-9,11,13-15,19-20H,4-5,10,12H2/t19-,20?/m1/s1. The molecule has 1 aliphatic heterocycles. The highest BCUT2D eigenvalue weighted by molar-refractivity contribution is 7.13. The monoisotopic (exact) mass is 379 g/mol. The number of aldehydes is 1. The second kappa shape index (κ2) is 8.41. The van der Waals surface area contributed by atoms with Crippen molar-refractivity contribution in [2.45, 2.75) is 31.5 Å². The van der Waals surface area contributed by atoms with Crippen LogP contribution in [0.5, 0.6) is 5.75 Å². The largest absolute Gasteiger partial charge is 0.468 e. The first kappa shape index (κ1) is 17.8. The van der Waals surface area contributed by atoms with Gasteiger partial charge in [0.2, 0.25) is 6.23 Å². The van der Waals surface area contributed by atoms with Gasteiger partial charge in [-0.15, -0.1) is 11.3 Å². The molecule has 0 bridgehead atoms. The Kier molecular flexibility index (Phi) is 5.55. The van der Waals surface area contributed by atoms with E-state index in [9.17, 15) is 4.79 Å². The number of ether oxygens (including phenoxy) is 1. The maximum absolute atomic E-state index is 11.8. The summed E-state index contributed by atoms with van der Waals surface area (Å²) in [5.41, 5.74) is 2.02. The summed E-state index contributed by atoms with van der Waals surface area (Å²) >= 11 is 1.61. The molecule has 1 aromatic carbocycles. The Bertz CT molecular complexity index is 869. The Morgan fingerprint density at radius 2 is 2.07 bits per heavy atom. The van der Waals surface area contributed by atoms with Crippen LogP contribution in [0.25, 0.3) is 10.6 Å². The SMILES string of the molecule is O=CC(Oc1ccccc1)N1CCCC[C@@H]1c1csc(-c2cccnc2)n1. The van der Waals surface area contributed by atoms with Gasteiger partial charge in [0, 0.05) is 29.9 Å². The van der Waals surface area contributed by atoms with Crippen molar-refractivity contribution in [1.82, 2.24) is 14.9 Å². The highest BCUT2D eigenvalue weighted by atomic mass is 32.1. The van der Waals surface area contributed by atoms with Crippen LogP contribution in [0.3, 0.4) is 0 Å². The number of hydrogen-bond acceptors (Lipinski definition) is 6. The number of benzene rings is 1. The van der Waals surface area contributed by atoms with Crippen LogP contribution in [0.1, 0.15) is 31.0 Å². The number of hydrogen-bond donors (Lipinski definition) is 0. The first-order valence-electron chi connectivity index (χ1n) is 9.14. The van der Waals surface area contributed by atoms with E-state index in [0.717, 1.165) is 48.4 Å². The average Bonchev–Trinajstić information content (AvgIpc) is 3.24. The number of rotatable bonds is 6. The highest BCUT2D eigenvalue weighted by Crippen LogP contribution is 2.35. The molecule has 2 aromatic heterocycles. The van der Waals surface area contributed by atoms with Crippen LogP contribution in [-0.2, 0) is 4.79 Å². The minimum Gasteiger partial charge on any atom is -0.468 e. The smallest absolute Gasteiger partial charge is 0.209 e. The lowest BCUT2D eigenvalue weighted by molar-refractivity contribution is -0.125. The van der Waals surface area contributed by atoms with Crippen LogP contribution in [0.15, 0.2) is 60.2 Å². The van der Waals surface area contributed by atoms with Gasteiger partial charge in [0.15, 0.2) is 6.29 Å². The summed E-state index contributed by atoms with van der Waals surface area (Å²) in [6, 6.07) is 13.5. The predicted octanol–water partition coefficient (Wildman–Crippen LogP) is 4.34. The number of carbonyl (C=O) groups excluding carboxylic acids is 1. The number of thiazole rings is 1. The van der Waals surface area contributed by atoms with E-state index in [2.05, 4.69) is 15.3 Å². The van der Waals surface area contributed by atoms with Crippen LogP contribution >= 0.6 is 11.3 Å². The van der Waals surface area contributed by atoms with Gasteiger partial charge in [-0.25, -0.2) is 4.98 Å². The quantitative estimate of drug-likeness (QED) is 0.597. The van der Waals surface area contributed by atoms with Gasteiger partial charge in [-0.2, -0.15) is 0 Å². The molecule has 27 heavy (non-hydrogen) atoms. The topological polar surface area (TPSA) is 55.3 Å². The molecule has 1 aliphatic rings. The molecule has 1 saturated heterocycles. The molecule has 0 spiro atoms. The third-order valence-corrected chi connectivity index (χ3v) is 5.67. The lowest BCUT2D eigenvalue weighted by Crippen LogP contribution is -2.45. The van der Waals surface area contributed by atoms with Crippen molar-refractivity contribution < 1.29 is 9.53 Å². The van der Waals surface area contributed by atoms with Crippen LogP contribution < -0.4 is 4.74 Å². The molecule has 3 heterocycles. The Morgan fingerprint density at radius 1 is 1.19 bits per heavy atom. The summed E-state index contributed by atoms with van der Waals surface area (Å²) in [4.78, 5) is 23.0. The fourth-order valence-electron chi connectivity index (χ4n) is 3.45. The third kappa shape index (κ3) is 4.07. The summed E-state index contributed by atoms with van der Waals surface area (Å²) in [7, 11) is 0. The van der Waals surface area contributed by atoms with Crippen molar-refractivity contribution in [1.29, 1.82) is 0 Å². The summed E-state index contributed by atoms with van der Waals surface area (Å²) in [6.45, 7) is 0.820. The minimum absolute atomic E-state index is 0.0827. The van der Waals surface area contributed by atoms with E-state index in [1.54, 1.807) is 17.5 Å². The Morgan fingerprint density at radius 3 is 2.85 bits per heavy atom. The fourth-order valence-corrected chi connectivity index (χ4v) is 4.31. The molecule has 2 atom stereocenters. The van der Waals surface area contributed by atoms with Gasteiger partial charge < -0.3 is 4.74 Å². The zero-order chi connectivity index (χ0) is 18.5. The number of aromatic nitrogens is 2. The van der Waals surface area contributed by atoms with Crippen LogP contribution in [0.4, 0.5) is 0 Å². The normalized spacial score (nSPS) is 18.7. The molecule has 0 radical (unpaired) electrons. The zero-order valence-corrected chi connectivity index (χ0v) is 15.7. The van der Waals surface area contributed by atoms with Gasteiger partial charge in [0.25, 0.3) is 0 Å². The molecule has 138 valence electrons. The lowest BCUT2D eigenvalue weighted by Gasteiger charge is -2.37. The average molecular weight is 379 g/mol. The molecular formula is C21H21N3O2S. The molecule has 0 amide bonds. The molecular weight excluding hydrogens is 358 g/mol. The van der Waals surface area contributed by atoms with E-state index < -0.39 is 6.23 Å². The molecule has 4 rings (SSSR count). The number of likely N-dealkylation sites (tertiary alicyclic amines) is 1. The van der Waals surface area contributed by atoms with Gasteiger partial charge in [-0.05, 0) is 37.1 Å². The molecule has 0 N–H and O–H groups in total. The number of para-hydroxylation sites is 1. The number of piperidine rings is 1. The second-order valence-corrected chi connectivity index (χ2v) is 7.38. The van der Waals surface area contributed by atoms with Crippen molar-refractivity contribution in [3.05, 3.63) is 65.9 Å². The van der Waals surface area contributed by atoms with Gasteiger partial charge in [-0.3, -0.25) is 14.7 Å². The van der Waals surface area contributed by atoms with Crippen molar-refractivity contribution >= 4 is 17.6 Å². The van der Waals surface area contributed by atoms with Crippen LogP contribution in [-0.4, -0.2) is 33.9 Å². The van der Waals surface area contributed by atoms with E-state index >= 15 is 0 Å². The lowest BCUT2D eigenvalue weighted by atomic mass is 9.99. The maximum atomic E-state index is 11.8. The molecule has 1 fully saturated rings. The van der Waals surface area contributed by atoms with Gasteiger partial charge in [0.05, 0.1) is 11.7 Å². The molecule has 1 unspecified atom stereocenters. The second-order valence-electron chi connectivity index (χ2n) is 6.53. The first-order valence-corrected chi connectivity index (χ1v) is 10.0. The number of pyridine rings is 1. The van der Waals surface area contributed by atoms with Crippen molar-refractivity contribution in [2.75, 3.05) is 6.54 Å². The van der Waals surface area contributed by atoms with E-state index in [0.29, 0.717) is 5.75 Å². The number of nitrogens with zero attached hydrogens (tertiary/aromatic N) is 3. The van der Waals surface area contributed by atoms with Crippen molar-refractivity contribution in [3.8, 4) is 16.3 Å².